The molecule has 0 aromatic heterocycles. The Hall–Kier alpha value is -2.55. The molecule has 1 amide bonds. The lowest BCUT2D eigenvalue weighted by Crippen LogP contribution is -2.16. The zero-order valence-corrected chi connectivity index (χ0v) is 13.4. The smallest absolute Gasteiger partial charge is 0.248 e. The van der Waals surface area contributed by atoms with E-state index in [9.17, 15) is 4.79 Å². The first-order valence-corrected chi connectivity index (χ1v) is 8.20. The number of nitrogens with one attached hydrogen (secondary N) is 2. The zero-order valence-electron chi connectivity index (χ0n) is 13.4. The Kier molecular flexibility index (Phi) is 4.77. The number of fused-ring (bicyclic) bond motifs is 1. The highest BCUT2D eigenvalue weighted by atomic mass is 16.1. The van der Waals surface area contributed by atoms with E-state index in [4.69, 9.17) is 0 Å². The number of carbonyl (C=O) groups excluding carboxylic acids is 1. The third kappa shape index (κ3) is 3.62. The summed E-state index contributed by atoms with van der Waals surface area (Å²) in [4.78, 5) is 12.4. The molecule has 1 heterocycles. The second-order valence-corrected chi connectivity index (χ2v) is 5.74. The van der Waals surface area contributed by atoms with E-state index in [-0.39, 0.29) is 5.91 Å². The summed E-state index contributed by atoms with van der Waals surface area (Å²) in [7, 11) is 0. The first kappa shape index (κ1) is 15.3. The fourth-order valence-corrected chi connectivity index (χ4v) is 3.00. The summed E-state index contributed by atoms with van der Waals surface area (Å²) in [6.45, 7) is 3.07. The normalized spacial score (nSPS) is 13.9. The van der Waals surface area contributed by atoms with Crippen molar-refractivity contribution >= 4 is 22.9 Å². The van der Waals surface area contributed by atoms with Crippen LogP contribution in [0.4, 0.5) is 11.4 Å². The number of allylic oxidation sites excluding steroid dienone is 1. The summed E-state index contributed by atoms with van der Waals surface area (Å²) in [5.74, 6) is -0.0651. The molecular formula is C20H22N2O. The van der Waals surface area contributed by atoms with Gasteiger partial charge in [0.2, 0.25) is 5.91 Å². The number of hydrogen-bond acceptors (Lipinski definition) is 2. The molecule has 2 aromatic rings. The predicted molar refractivity (Wildman–Crippen MR) is 96.6 cm³/mol. The molecule has 3 heteroatoms. The molecule has 0 saturated carbocycles. The molecule has 0 atom stereocenters. The van der Waals surface area contributed by atoms with E-state index in [0.29, 0.717) is 0 Å². The molecule has 3 rings (SSSR count). The van der Waals surface area contributed by atoms with Crippen molar-refractivity contribution in [2.45, 2.75) is 26.2 Å². The largest absolute Gasteiger partial charge is 0.385 e. The van der Waals surface area contributed by atoms with E-state index >= 15 is 0 Å². The Bertz CT molecular complexity index is 720. The molecule has 1 aliphatic rings. The standard InChI is InChI=1S/C20H22N2O/c1-2-15(16-8-4-3-5-9-16)14-20(23)22-19-12-6-11-18-17(19)10-7-13-21-18/h3-6,8-9,11-12,14,21H,2,7,10,13H2,1H3,(H,22,23)/b15-14+. The molecule has 0 fully saturated rings. The Labute approximate surface area is 137 Å². The van der Waals surface area contributed by atoms with Gasteiger partial charge in [0.1, 0.15) is 0 Å². The molecule has 3 nitrogen and oxygen atoms in total. The van der Waals surface area contributed by atoms with Crippen molar-refractivity contribution in [2.24, 2.45) is 0 Å². The Balaban J connectivity index is 1.81. The molecule has 0 aliphatic carbocycles. The molecule has 1 aliphatic heterocycles. The maximum absolute atomic E-state index is 12.4. The molecular weight excluding hydrogens is 284 g/mol. The first-order chi connectivity index (χ1) is 11.3. The Morgan fingerprint density at radius 1 is 1.17 bits per heavy atom. The fraction of sp³-hybridized carbons (Fsp3) is 0.250. The molecule has 0 unspecified atom stereocenters. The van der Waals surface area contributed by atoms with Crippen molar-refractivity contribution in [3.63, 3.8) is 0 Å². The van der Waals surface area contributed by atoms with Gasteiger partial charge < -0.3 is 10.6 Å². The summed E-state index contributed by atoms with van der Waals surface area (Å²) in [5, 5.41) is 6.44. The highest BCUT2D eigenvalue weighted by Crippen LogP contribution is 2.29. The van der Waals surface area contributed by atoms with Crippen LogP contribution in [0.1, 0.15) is 30.9 Å². The highest BCUT2D eigenvalue weighted by molar-refractivity contribution is 6.04. The van der Waals surface area contributed by atoms with E-state index < -0.39 is 0 Å². The van der Waals surface area contributed by atoms with Gasteiger partial charge >= 0.3 is 0 Å². The average molecular weight is 306 g/mol. The van der Waals surface area contributed by atoms with Gasteiger partial charge in [-0.25, -0.2) is 0 Å². The maximum Gasteiger partial charge on any atom is 0.248 e. The molecule has 118 valence electrons. The fourth-order valence-electron chi connectivity index (χ4n) is 3.00. The van der Waals surface area contributed by atoms with Crippen LogP contribution >= 0.6 is 0 Å². The third-order valence-corrected chi connectivity index (χ3v) is 4.18. The summed E-state index contributed by atoms with van der Waals surface area (Å²) >= 11 is 0. The van der Waals surface area contributed by atoms with Gasteiger partial charge in [0.25, 0.3) is 0 Å². The van der Waals surface area contributed by atoms with Crippen molar-refractivity contribution < 1.29 is 4.79 Å². The molecule has 0 bridgehead atoms. The minimum Gasteiger partial charge on any atom is -0.385 e. The van der Waals surface area contributed by atoms with Gasteiger partial charge in [-0.2, -0.15) is 0 Å². The number of rotatable bonds is 4. The third-order valence-electron chi connectivity index (χ3n) is 4.18. The molecule has 2 N–H and O–H groups in total. The summed E-state index contributed by atoms with van der Waals surface area (Å²) < 4.78 is 0. The van der Waals surface area contributed by atoms with Crippen LogP contribution in [-0.4, -0.2) is 12.5 Å². The van der Waals surface area contributed by atoms with Crippen LogP contribution in [-0.2, 0) is 11.2 Å². The van der Waals surface area contributed by atoms with Crippen molar-refractivity contribution in [3.05, 3.63) is 65.7 Å². The number of amides is 1. The van der Waals surface area contributed by atoms with Crippen molar-refractivity contribution in [1.82, 2.24) is 0 Å². The minimum atomic E-state index is -0.0651. The SMILES string of the molecule is CC/C(=C\C(=O)Nc1cccc2c1CCCN2)c1ccccc1. The molecule has 0 saturated heterocycles. The van der Waals surface area contributed by atoms with Crippen LogP contribution in [0.15, 0.2) is 54.6 Å². The van der Waals surface area contributed by atoms with Gasteiger partial charge in [-0.3, -0.25) is 4.79 Å². The van der Waals surface area contributed by atoms with Gasteiger partial charge in [0, 0.05) is 24.0 Å². The van der Waals surface area contributed by atoms with Gasteiger partial charge in [-0.1, -0.05) is 43.3 Å². The van der Waals surface area contributed by atoms with Crippen molar-refractivity contribution in [2.75, 3.05) is 17.2 Å². The van der Waals surface area contributed by atoms with Crippen LogP contribution in [0.2, 0.25) is 0 Å². The first-order valence-electron chi connectivity index (χ1n) is 8.20. The van der Waals surface area contributed by atoms with E-state index in [1.807, 2.05) is 42.5 Å². The number of hydrogen-bond donors (Lipinski definition) is 2. The molecule has 23 heavy (non-hydrogen) atoms. The lowest BCUT2D eigenvalue weighted by Gasteiger charge is -2.21. The van der Waals surface area contributed by atoms with Gasteiger partial charge in [-0.15, -0.1) is 0 Å². The van der Waals surface area contributed by atoms with Crippen molar-refractivity contribution in [1.29, 1.82) is 0 Å². The van der Waals surface area contributed by atoms with Gasteiger partial charge in [-0.05, 0) is 48.1 Å². The summed E-state index contributed by atoms with van der Waals surface area (Å²) in [6.07, 6.45) is 4.64. The van der Waals surface area contributed by atoms with Crippen LogP contribution in [0, 0.1) is 0 Å². The highest BCUT2D eigenvalue weighted by Gasteiger charge is 2.13. The minimum absolute atomic E-state index is 0.0651. The van der Waals surface area contributed by atoms with Crippen LogP contribution < -0.4 is 10.6 Å². The summed E-state index contributed by atoms with van der Waals surface area (Å²) in [5.41, 5.74) is 5.41. The second-order valence-electron chi connectivity index (χ2n) is 5.74. The number of anilines is 2. The lowest BCUT2D eigenvalue weighted by molar-refractivity contribution is -0.111. The lowest BCUT2D eigenvalue weighted by atomic mass is 10.0. The Morgan fingerprint density at radius 3 is 2.78 bits per heavy atom. The number of benzene rings is 2. The summed E-state index contributed by atoms with van der Waals surface area (Å²) in [6, 6.07) is 16.1. The van der Waals surface area contributed by atoms with Gasteiger partial charge in [0.15, 0.2) is 0 Å². The topological polar surface area (TPSA) is 41.1 Å². The average Bonchev–Trinajstić information content (AvgIpc) is 2.61. The number of carbonyl (C=O) groups is 1. The van der Waals surface area contributed by atoms with E-state index in [1.165, 1.54) is 5.56 Å². The van der Waals surface area contributed by atoms with Crippen LogP contribution in [0.3, 0.4) is 0 Å². The molecule has 0 radical (unpaired) electrons. The second kappa shape index (κ2) is 7.14. The molecule has 2 aromatic carbocycles. The van der Waals surface area contributed by atoms with E-state index in [2.05, 4.69) is 23.6 Å². The maximum atomic E-state index is 12.4. The zero-order chi connectivity index (χ0) is 16.1. The van der Waals surface area contributed by atoms with Crippen LogP contribution in [0.25, 0.3) is 5.57 Å². The molecule has 0 spiro atoms. The van der Waals surface area contributed by atoms with Gasteiger partial charge in [0.05, 0.1) is 0 Å². The van der Waals surface area contributed by atoms with Crippen molar-refractivity contribution in [3.8, 4) is 0 Å². The van der Waals surface area contributed by atoms with E-state index in [1.54, 1.807) is 6.08 Å². The van der Waals surface area contributed by atoms with E-state index in [0.717, 1.165) is 48.3 Å². The Morgan fingerprint density at radius 2 is 2.00 bits per heavy atom. The monoisotopic (exact) mass is 306 g/mol. The van der Waals surface area contributed by atoms with Crippen LogP contribution in [0.5, 0.6) is 0 Å². The quantitative estimate of drug-likeness (QED) is 0.818. The predicted octanol–water partition coefficient (Wildman–Crippen LogP) is 4.48.